The van der Waals surface area contributed by atoms with E-state index in [0.717, 1.165) is 19.5 Å². The molecule has 0 aliphatic carbocycles. The molecule has 0 radical (unpaired) electrons. The highest BCUT2D eigenvalue weighted by molar-refractivity contribution is 6.01. The van der Waals surface area contributed by atoms with Crippen LogP contribution in [0.5, 0.6) is 0 Å². The van der Waals surface area contributed by atoms with Crippen LogP contribution < -0.4 is 5.32 Å². The maximum absolute atomic E-state index is 13.3. The number of nitrogens with zero attached hydrogens (tertiary/aromatic N) is 4. The first-order chi connectivity index (χ1) is 14.9. The third-order valence-electron chi connectivity index (χ3n) is 6.66. The summed E-state index contributed by atoms with van der Waals surface area (Å²) in [4.78, 5) is 42.3. The van der Waals surface area contributed by atoms with Crippen LogP contribution in [0.4, 0.5) is 10.5 Å². The number of non-ortho nitro benzene ring substituents is 1. The van der Waals surface area contributed by atoms with Crippen LogP contribution >= 0.6 is 0 Å². The Hall–Kier alpha value is -2.94. The summed E-state index contributed by atoms with van der Waals surface area (Å²) in [6.45, 7) is 5.34. The van der Waals surface area contributed by atoms with Crippen molar-refractivity contribution in [3.05, 3.63) is 51.2 Å². The number of nitro benzene ring substituents is 1. The summed E-state index contributed by atoms with van der Waals surface area (Å²) < 4.78 is 0. The molecule has 0 spiro atoms. The molecule has 1 fully saturated rings. The first kappa shape index (κ1) is 21.3. The highest BCUT2D eigenvalue weighted by Gasteiger charge is 2.42. The third-order valence-corrected chi connectivity index (χ3v) is 6.66. The van der Waals surface area contributed by atoms with Gasteiger partial charge in [0, 0.05) is 38.3 Å². The van der Waals surface area contributed by atoms with E-state index in [1.54, 1.807) is 24.1 Å². The Balaban J connectivity index is 1.50. The molecule has 2 atom stereocenters. The van der Waals surface area contributed by atoms with Crippen molar-refractivity contribution in [1.29, 1.82) is 0 Å². The SMILES string of the molecule is CC1CCCCN1CCCN1CC2=C(C1=O)C(c1cccc([N+](=O)[O-])c1)NC(=O)N2C. The lowest BCUT2D eigenvalue weighted by atomic mass is 9.95. The number of likely N-dealkylation sites (N-methyl/N-ethyl adjacent to an activating group) is 1. The number of urea groups is 1. The number of rotatable bonds is 6. The van der Waals surface area contributed by atoms with Crippen molar-refractivity contribution >= 4 is 17.6 Å². The van der Waals surface area contributed by atoms with Gasteiger partial charge in [0.05, 0.1) is 28.8 Å². The number of piperidine rings is 1. The summed E-state index contributed by atoms with van der Waals surface area (Å²) in [6, 6.07) is 5.71. The van der Waals surface area contributed by atoms with Crippen molar-refractivity contribution in [2.75, 3.05) is 33.2 Å². The standard InChI is InChI=1S/C22H29N5O4/c1-15-7-3-4-10-25(15)11-6-12-26-14-18-19(21(26)28)20(23-22(29)24(18)2)16-8-5-9-17(13-16)27(30)31/h5,8-9,13,15,20H,3-4,6-7,10-12,14H2,1-2H3,(H,23,29). The molecule has 0 aromatic heterocycles. The number of nitrogens with one attached hydrogen (secondary N) is 1. The van der Waals surface area contributed by atoms with E-state index in [9.17, 15) is 19.7 Å². The van der Waals surface area contributed by atoms with E-state index in [1.807, 2.05) is 0 Å². The zero-order valence-electron chi connectivity index (χ0n) is 18.0. The van der Waals surface area contributed by atoms with Crippen molar-refractivity contribution in [3.8, 4) is 0 Å². The Morgan fingerprint density at radius 3 is 2.77 bits per heavy atom. The average Bonchev–Trinajstić information content (AvgIpc) is 3.09. The molecule has 3 aliphatic rings. The number of likely N-dealkylation sites (tertiary alicyclic amines) is 1. The molecule has 0 saturated carbocycles. The Morgan fingerprint density at radius 2 is 2.03 bits per heavy atom. The van der Waals surface area contributed by atoms with E-state index in [-0.39, 0.29) is 17.6 Å². The quantitative estimate of drug-likeness (QED) is 0.556. The zero-order chi connectivity index (χ0) is 22.1. The second-order valence-corrected chi connectivity index (χ2v) is 8.62. The van der Waals surface area contributed by atoms with Crippen molar-refractivity contribution in [2.45, 2.75) is 44.7 Å². The fourth-order valence-electron chi connectivity index (χ4n) is 4.83. The highest BCUT2D eigenvalue weighted by Crippen LogP contribution is 2.36. The van der Waals surface area contributed by atoms with Crippen LogP contribution in [0.15, 0.2) is 35.5 Å². The van der Waals surface area contributed by atoms with Gasteiger partial charge >= 0.3 is 6.03 Å². The molecule has 1 saturated heterocycles. The Labute approximate surface area is 181 Å². The maximum Gasteiger partial charge on any atom is 0.322 e. The summed E-state index contributed by atoms with van der Waals surface area (Å²) in [5.74, 6) is -0.106. The highest BCUT2D eigenvalue weighted by atomic mass is 16.6. The maximum atomic E-state index is 13.3. The van der Waals surface area contributed by atoms with Crippen LogP contribution in [0.2, 0.25) is 0 Å². The molecule has 9 heteroatoms. The number of hydrogen-bond acceptors (Lipinski definition) is 5. The van der Waals surface area contributed by atoms with Crippen molar-refractivity contribution < 1.29 is 14.5 Å². The molecule has 1 N–H and O–H groups in total. The monoisotopic (exact) mass is 427 g/mol. The van der Waals surface area contributed by atoms with E-state index in [4.69, 9.17) is 0 Å². The van der Waals surface area contributed by atoms with Gasteiger partial charge in [0.25, 0.3) is 11.6 Å². The minimum atomic E-state index is -0.682. The largest absolute Gasteiger partial charge is 0.333 e. The van der Waals surface area contributed by atoms with Gasteiger partial charge in [-0.15, -0.1) is 0 Å². The number of carbonyl (C=O) groups is 2. The van der Waals surface area contributed by atoms with Gasteiger partial charge in [0.2, 0.25) is 0 Å². The van der Waals surface area contributed by atoms with Crippen LogP contribution in [-0.2, 0) is 4.79 Å². The van der Waals surface area contributed by atoms with E-state index in [2.05, 4.69) is 17.1 Å². The molecule has 1 aromatic rings. The zero-order valence-corrected chi connectivity index (χ0v) is 18.0. The number of carbonyl (C=O) groups excluding carboxylic acids is 2. The van der Waals surface area contributed by atoms with E-state index in [0.29, 0.717) is 36.0 Å². The molecule has 3 aliphatic heterocycles. The first-order valence-corrected chi connectivity index (χ1v) is 10.9. The summed E-state index contributed by atoms with van der Waals surface area (Å²) in [6.07, 6.45) is 4.61. The number of nitro groups is 1. The van der Waals surface area contributed by atoms with E-state index >= 15 is 0 Å². The van der Waals surface area contributed by atoms with Gasteiger partial charge in [-0.1, -0.05) is 18.6 Å². The van der Waals surface area contributed by atoms with E-state index < -0.39 is 11.0 Å². The fourth-order valence-corrected chi connectivity index (χ4v) is 4.83. The van der Waals surface area contributed by atoms with Gasteiger partial charge in [0.1, 0.15) is 0 Å². The molecule has 3 amide bonds. The molecule has 4 rings (SSSR count). The second-order valence-electron chi connectivity index (χ2n) is 8.62. The fraction of sp³-hybridized carbons (Fsp3) is 0.545. The van der Waals surface area contributed by atoms with Crippen molar-refractivity contribution in [2.24, 2.45) is 0 Å². The van der Waals surface area contributed by atoms with Gasteiger partial charge in [-0.3, -0.25) is 19.8 Å². The van der Waals surface area contributed by atoms with Crippen LogP contribution in [0, 0.1) is 10.1 Å². The third kappa shape index (κ3) is 4.14. The number of hydrogen-bond donors (Lipinski definition) is 1. The van der Waals surface area contributed by atoms with Crippen molar-refractivity contribution in [1.82, 2.24) is 20.0 Å². The van der Waals surface area contributed by atoms with Crippen LogP contribution in [0.1, 0.15) is 44.2 Å². The number of benzene rings is 1. The summed E-state index contributed by atoms with van der Waals surface area (Å²) in [5, 5.41) is 14.0. The second kappa shape index (κ2) is 8.66. The lowest BCUT2D eigenvalue weighted by Crippen LogP contribution is -2.45. The molecule has 2 unspecified atom stereocenters. The molecule has 166 valence electrons. The van der Waals surface area contributed by atoms with Crippen LogP contribution in [0.25, 0.3) is 0 Å². The summed E-state index contributed by atoms with van der Waals surface area (Å²) in [7, 11) is 1.65. The lowest BCUT2D eigenvalue weighted by molar-refractivity contribution is -0.384. The van der Waals surface area contributed by atoms with Gasteiger partial charge in [-0.05, 0) is 38.3 Å². The van der Waals surface area contributed by atoms with Crippen molar-refractivity contribution in [3.63, 3.8) is 0 Å². The molecule has 3 heterocycles. The molecule has 9 nitrogen and oxygen atoms in total. The summed E-state index contributed by atoms with van der Waals surface area (Å²) in [5.41, 5.74) is 1.66. The van der Waals surface area contributed by atoms with Gasteiger partial charge in [-0.25, -0.2) is 4.79 Å². The van der Waals surface area contributed by atoms with Gasteiger partial charge < -0.3 is 15.1 Å². The molecule has 31 heavy (non-hydrogen) atoms. The molecular formula is C22H29N5O4. The molecule has 0 bridgehead atoms. The van der Waals surface area contributed by atoms with E-state index in [1.165, 1.54) is 36.3 Å². The smallest absolute Gasteiger partial charge is 0.322 e. The Morgan fingerprint density at radius 1 is 1.23 bits per heavy atom. The Bertz CT molecular complexity index is 930. The van der Waals surface area contributed by atoms with Gasteiger partial charge in [-0.2, -0.15) is 0 Å². The van der Waals surface area contributed by atoms with Gasteiger partial charge in [0.15, 0.2) is 0 Å². The normalized spacial score (nSPS) is 24.5. The molecular weight excluding hydrogens is 398 g/mol. The Kier molecular flexibility index (Phi) is 5.95. The lowest BCUT2D eigenvalue weighted by Gasteiger charge is -2.33. The predicted octanol–water partition coefficient (Wildman–Crippen LogP) is 2.65. The minimum absolute atomic E-state index is 0.0641. The topological polar surface area (TPSA) is 99.0 Å². The summed E-state index contributed by atoms with van der Waals surface area (Å²) >= 11 is 0. The number of amides is 3. The minimum Gasteiger partial charge on any atom is -0.333 e. The average molecular weight is 428 g/mol. The van der Waals surface area contributed by atoms with Crippen LogP contribution in [-0.4, -0.2) is 70.8 Å². The first-order valence-electron chi connectivity index (χ1n) is 10.9. The predicted molar refractivity (Wildman–Crippen MR) is 115 cm³/mol. The molecule has 1 aromatic carbocycles. The van der Waals surface area contributed by atoms with Crippen LogP contribution in [0.3, 0.4) is 0 Å².